The zero-order valence-corrected chi connectivity index (χ0v) is 15.7. The highest BCUT2D eigenvalue weighted by Crippen LogP contribution is 2.29. The topological polar surface area (TPSA) is 97.4 Å². The second-order valence-electron chi connectivity index (χ2n) is 6.89. The molecule has 0 atom stereocenters. The number of hydrogen-bond donors (Lipinski definition) is 2. The highest BCUT2D eigenvalue weighted by atomic mass is 32.2. The summed E-state index contributed by atoms with van der Waals surface area (Å²) in [4.78, 5) is 16.1. The number of nitrogens with zero attached hydrogens (tertiary/aromatic N) is 1. The fourth-order valence-corrected chi connectivity index (χ4v) is 4.65. The van der Waals surface area contributed by atoms with Crippen molar-refractivity contribution in [2.45, 2.75) is 24.7 Å². The van der Waals surface area contributed by atoms with Gasteiger partial charge in [-0.3, -0.25) is 0 Å². The third kappa shape index (κ3) is 3.72. The lowest BCUT2D eigenvalue weighted by Gasteiger charge is -2.34. The van der Waals surface area contributed by atoms with Crippen LogP contribution in [0.15, 0.2) is 35.4 Å². The molecule has 0 amide bonds. The van der Waals surface area contributed by atoms with E-state index in [9.17, 15) is 13.2 Å². The maximum atomic E-state index is 12.9. The van der Waals surface area contributed by atoms with Gasteiger partial charge in [0.25, 0.3) is 0 Å². The van der Waals surface area contributed by atoms with Crippen LogP contribution in [-0.4, -0.2) is 46.1 Å². The van der Waals surface area contributed by atoms with Gasteiger partial charge in [0, 0.05) is 23.5 Å². The largest absolute Gasteiger partial charge is 0.464 e. The second kappa shape index (κ2) is 7.30. The Labute approximate surface area is 153 Å². The van der Waals surface area contributed by atoms with Gasteiger partial charge in [0.05, 0.1) is 12.0 Å². The van der Waals surface area contributed by atoms with Gasteiger partial charge < -0.3 is 10.1 Å². The molecule has 0 radical (unpaired) electrons. The number of fused-ring (bicyclic) bond motifs is 1. The van der Waals surface area contributed by atoms with Crippen molar-refractivity contribution in [3.8, 4) is 0 Å². The van der Waals surface area contributed by atoms with Crippen LogP contribution >= 0.6 is 0 Å². The molecule has 1 aromatic carbocycles. The van der Waals surface area contributed by atoms with E-state index in [2.05, 4.69) is 21.9 Å². The van der Waals surface area contributed by atoms with Crippen LogP contribution in [0.1, 0.15) is 30.3 Å². The molecule has 1 aromatic heterocycles. The van der Waals surface area contributed by atoms with E-state index < -0.39 is 16.0 Å². The van der Waals surface area contributed by atoms with Gasteiger partial charge in [-0.15, -0.1) is 0 Å². The van der Waals surface area contributed by atoms with E-state index in [4.69, 9.17) is 4.74 Å². The Hall–Kier alpha value is -2.03. The molecule has 7 nitrogen and oxygen atoms in total. The summed E-state index contributed by atoms with van der Waals surface area (Å²) in [5.41, 5.74) is 0.0362. The molecule has 8 heteroatoms. The average Bonchev–Trinajstić information content (AvgIpc) is 2.65. The summed E-state index contributed by atoms with van der Waals surface area (Å²) in [6.07, 6.45) is 3.25. The molecule has 0 bridgehead atoms. The number of piperidine rings is 1. The van der Waals surface area contributed by atoms with Crippen molar-refractivity contribution in [1.29, 1.82) is 0 Å². The molecule has 1 aliphatic rings. The van der Waals surface area contributed by atoms with E-state index in [-0.39, 0.29) is 16.0 Å². The van der Waals surface area contributed by atoms with E-state index in [1.165, 1.54) is 19.4 Å². The van der Waals surface area contributed by atoms with Crippen molar-refractivity contribution in [2.24, 2.45) is 5.41 Å². The van der Waals surface area contributed by atoms with E-state index in [1.54, 1.807) is 18.2 Å². The number of aromatic nitrogens is 1. The molecule has 140 valence electrons. The maximum absolute atomic E-state index is 12.9. The number of rotatable bonds is 5. The van der Waals surface area contributed by atoms with Crippen molar-refractivity contribution < 1.29 is 17.9 Å². The van der Waals surface area contributed by atoms with Gasteiger partial charge in [-0.05, 0) is 43.5 Å². The third-order valence-electron chi connectivity index (χ3n) is 4.93. The number of carbonyl (C=O) groups excluding carboxylic acids is 1. The van der Waals surface area contributed by atoms with E-state index >= 15 is 0 Å². The Morgan fingerprint density at radius 2 is 2.00 bits per heavy atom. The lowest BCUT2D eigenvalue weighted by atomic mass is 9.81. The summed E-state index contributed by atoms with van der Waals surface area (Å²) < 4.78 is 33.3. The number of esters is 1. The number of ether oxygens (including phenoxy) is 1. The normalized spacial score (nSPS) is 17.2. The number of hydrogen-bond acceptors (Lipinski definition) is 6. The van der Waals surface area contributed by atoms with Crippen LogP contribution in [0.5, 0.6) is 0 Å². The predicted octanol–water partition coefficient (Wildman–Crippen LogP) is 1.69. The molecule has 0 unspecified atom stereocenters. The first-order valence-electron chi connectivity index (χ1n) is 8.53. The Morgan fingerprint density at radius 3 is 2.69 bits per heavy atom. The first-order valence-corrected chi connectivity index (χ1v) is 10.0. The van der Waals surface area contributed by atoms with Crippen molar-refractivity contribution >= 4 is 26.8 Å². The summed E-state index contributed by atoms with van der Waals surface area (Å²) >= 11 is 0. The number of carbonyl (C=O) groups is 1. The Morgan fingerprint density at radius 1 is 1.27 bits per heavy atom. The SMILES string of the molecule is COC(=O)c1nccc2c(S(=O)(=O)NCC3(C)CCNCC3)cccc12. The molecule has 2 heterocycles. The van der Waals surface area contributed by atoms with Gasteiger partial charge in [-0.2, -0.15) is 0 Å². The molecule has 0 saturated carbocycles. The van der Waals surface area contributed by atoms with Crippen LogP contribution in [0.2, 0.25) is 0 Å². The van der Waals surface area contributed by atoms with Crippen molar-refractivity contribution in [3.05, 3.63) is 36.2 Å². The van der Waals surface area contributed by atoms with Crippen LogP contribution in [0.3, 0.4) is 0 Å². The number of methoxy groups -OCH3 is 1. The number of benzene rings is 1. The van der Waals surface area contributed by atoms with Crippen molar-refractivity contribution in [1.82, 2.24) is 15.0 Å². The summed E-state index contributed by atoms with van der Waals surface area (Å²) in [6, 6.07) is 6.41. The third-order valence-corrected chi connectivity index (χ3v) is 6.39. The monoisotopic (exact) mass is 377 g/mol. The Balaban J connectivity index is 1.95. The highest BCUT2D eigenvalue weighted by molar-refractivity contribution is 7.89. The minimum Gasteiger partial charge on any atom is -0.464 e. The van der Waals surface area contributed by atoms with E-state index in [1.807, 2.05) is 0 Å². The standard InChI is InChI=1S/C18H23N3O4S/c1-18(7-10-19-11-8-18)12-21-26(23,24)15-5-3-4-14-13(15)6-9-20-16(14)17(22)25-2/h3-6,9,19,21H,7-8,10-12H2,1-2H3. The molecule has 0 aliphatic carbocycles. The number of pyridine rings is 1. The molecule has 3 rings (SSSR count). The van der Waals surface area contributed by atoms with Gasteiger partial charge in [-0.25, -0.2) is 22.9 Å². The molecule has 2 aromatic rings. The lowest BCUT2D eigenvalue weighted by molar-refractivity contribution is 0.0596. The molecule has 1 saturated heterocycles. The first-order chi connectivity index (χ1) is 12.4. The number of nitrogens with one attached hydrogen (secondary N) is 2. The Bertz CT molecular complexity index is 921. The van der Waals surface area contributed by atoms with Gasteiger partial charge in [0.15, 0.2) is 5.69 Å². The van der Waals surface area contributed by atoms with Gasteiger partial charge in [-0.1, -0.05) is 19.1 Å². The quantitative estimate of drug-likeness (QED) is 0.770. The molecular weight excluding hydrogens is 354 g/mol. The van der Waals surface area contributed by atoms with Crippen LogP contribution in [0, 0.1) is 5.41 Å². The highest BCUT2D eigenvalue weighted by Gasteiger charge is 2.29. The van der Waals surface area contributed by atoms with Crippen LogP contribution < -0.4 is 10.0 Å². The second-order valence-corrected chi connectivity index (χ2v) is 8.62. The Kier molecular flexibility index (Phi) is 5.27. The molecule has 0 spiro atoms. The molecule has 26 heavy (non-hydrogen) atoms. The van der Waals surface area contributed by atoms with Crippen molar-refractivity contribution in [3.63, 3.8) is 0 Å². The molecule has 1 aliphatic heterocycles. The summed E-state index contributed by atoms with van der Waals surface area (Å²) in [5, 5.41) is 4.19. The molecule has 1 fully saturated rings. The van der Waals surface area contributed by atoms with Gasteiger partial charge in [0.1, 0.15) is 0 Å². The van der Waals surface area contributed by atoms with E-state index in [0.717, 1.165) is 25.9 Å². The zero-order valence-electron chi connectivity index (χ0n) is 14.9. The summed E-state index contributed by atoms with van der Waals surface area (Å²) in [7, 11) is -2.46. The molecular formula is C18H23N3O4S. The smallest absolute Gasteiger partial charge is 0.357 e. The summed E-state index contributed by atoms with van der Waals surface area (Å²) in [6.45, 7) is 4.25. The minimum absolute atomic E-state index is 0.0678. The van der Waals surface area contributed by atoms with Crippen LogP contribution in [0.25, 0.3) is 10.8 Å². The number of sulfonamides is 1. The minimum atomic E-state index is -3.72. The lowest BCUT2D eigenvalue weighted by Crippen LogP contribution is -2.42. The van der Waals surface area contributed by atoms with Gasteiger partial charge in [0.2, 0.25) is 10.0 Å². The molecule has 2 N–H and O–H groups in total. The van der Waals surface area contributed by atoms with Crippen LogP contribution in [0.4, 0.5) is 0 Å². The van der Waals surface area contributed by atoms with Crippen molar-refractivity contribution in [2.75, 3.05) is 26.7 Å². The van der Waals surface area contributed by atoms with Gasteiger partial charge >= 0.3 is 5.97 Å². The zero-order chi connectivity index (χ0) is 18.8. The maximum Gasteiger partial charge on any atom is 0.357 e. The fourth-order valence-electron chi connectivity index (χ4n) is 3.23. The predicted molar refractivity (Wildman–Crippen MR) is 98.5 cm³/mol. The van der Waals surface area contributed by atoms with Crippen LogP contribution in [-0.2, 0) is 14.8 Å². The average molecular weight is 377 g/mol. The summed E-state index contributed by atoms with van der Waals surface area (Å²) in [5.74, 6) is -0.597. The fraction of sp³-hybridized carbons (Fsp3) is 0.444. The van der Waals surface area contributed by atoms with E-state index in [0.29, 0.717) is 17.3 Å². The first kappa shape index (κ1) is 18.8.